The second-order valence-corrected chi connectivity index (χ2v) is 8.32. The fourth-order valence-corrected chi connectivity index (χ4v) is 4.09. The Morgan fingerprint density at radius 2 is 2.13 bits per heavy atom. The van der Waals surface area contributed by atoms with Gasteiger partial charge in [0.15, 0.2) is 0 Å². The van der Waals surface area contributed by atoms with Crippen molar-refractivity contribution in [2.45, 2.75) is 57.3 Å². The molecule has 30 heavy (non-hydrogen) atoms. The van der Waals surface area contributed by atoms with Crippen LogP contribution in [-0.2, 0) is 15.8 Å². The van der Waals surface area contributed by atoms with Crippen molar-refractivity contribution in [1.29, 1.82) is 0 Å². The molecule has 1 aromatic heterocycles. The number of anilines is 1. The number of aryl methyl sites for hydroxylation is 1. The molecule has 1 saturated heterocycles. The summed E-state index contributed by atoms with van der Waals surface area (Å²) >= 11 is 0. The lowest BCUT2D eigenvalue weighted by molar-refractivity contribution is -0.141. The number of halogens is 3. The topological polar surface area (TPSA) is 74.3 Å². The van der Waals surface area contributed by atoms with Gasteiger partial charge in [-0.15, -0.1) is 6.58 Å². The van der Waals surface area contributed by atoms with E-state index in [2.05, 4.69) is 22.2 Å². The van der Waals surface area contributed by atoms with Crippen LogP contribution in [0.25, 0.3) is 0 Å². The SMILES string of the molecule is C=CCCCC(=O)N(C)CC12CC(C(=O)Nc3nc(C(F)(F)F)ccc3C)NC1C2. The van der Waals surface area contributed by atoms with Crippen molar-refractivity contribution in [2.24, 2.45) is 5.41 Å². The minimum Gasteiger partial charge on any atom is -0.345 e. The van der Waals surface area contributed by atoms with E-state index in [0.29, 0.717) is 24.9 Å². The molecule has 164 valence electrons. The number of allylic oxidation sites excluding steroid dienone is 1. The Bertz CT molecular complexity index is 842. The van der Waals surface area contributed by atoms with E-state index in [-0.39, 0.29) is 23.2 Å². The van der Waals surface area contributed by atoms with Gasteiger partial charge in [0.25, 0.3) is 0 Å². The summed E-state index contributed by atoms with van der Waals surface area (Å²) in [6.45, 7) is 5.80. The number of nitrogens with one attached hydrogen (secondary N) is 2. The Balaban J connectivity index is 1.58. The zero-order valence-corrected chi connectivity index (χ0v) is 17.2. The maximum absolute atomic E-state index is 12.9. The smallest absolute Gasteiger partial charge is 0.345 e. The van der Waals surface area contributed by atoms with Gasteiger partial charge in [-0.3, -0.25) is 9.59 Å². The van der Waals surface area contributed by atoms with E-state index in [1.807, 2.05) is 0 Å². The van der Waals surface area contributed by atoms with E-state index in [1.54, 1.807) is 24.9 Å². The van der Waals surface area contributed by atoms with Crippen molar-refractivity contribution in [2.75, 3.05) is 18.9 Å². The molecule has 2 amide bonds. The van der Waals surface area contributed by atoms with E-state index in [0.717, 1.165) is 25.3 Å². The second kappa shape index (κ2) is 8.37. The molecule has 1 saturated carbocycles. The molecule has 0 bridgehead atoms. The number of amides is 2. The molecule has 3 unspecified atom stereocenters. The molecule has 9 heteroatoms. The van der Waals surface area contributed by atoms with Gasteiger partial charge in [-0.2, -0.15) is 13.2 Å². The first-order valence-electron chi connectivity index (χ1n) is 10.0. The highest BCUT2D eigenvalue weighted by Gasteiger charge is 2.62. The number of nitrogens with zero attached hydrogens (tertiary/aromatic N) is 2. The van der Waals surface area contributed by atoms with Crippen LogP contribution in [-0.4, -0.2) is 47.4 Å². The van der Waals surface area contributed by atoms with Gasteiger partial charge in [-0.25, -0.2) is 4.98 Å². The van der Waals surface area contributed by atoms with Gasteiger partial charge in [-0.05, 0) is 44.2 Å². The first-order valence-corrected chi connectivity index (χ1v) is 10.0. The number of aromatic nitrogens is 1. The van der Waals surface area contributed by atoms with Crippen LogP contribution < -0.4 is 10.6 Å². The molecule has 6 nitrogen and oxygen atoms in total. The maximum Gasteiger partial charge on any atom is 0.433 e. The predicted octanol–water partition coefficient (Wildman–Crippen LogP) is 3.28. The minimum absolute atomic E-state index is 0.0635. The molecule has 3 rings (SSSR count). The molecule has 2 heterocycles. The molecule has 2 aliphatic rings. The summed E-state index contributed by atoms with van der Waals surface area (Å²) in [5.74, 6) is -0.425. The Kier molecular flexibility index (Phi) is 6.21. The second-order valence-electron chi connectivity index (χ2n) is 8.32. The maximum atomic E-state index is 12.9. The van der Waals surface area contributed by atoms with Gasteiger partial charge >= 0.3 is 6.18 Å². The van der Waals surface area contributed by atoms with Gasteiger partial charge in [0.2, 0.25) is 11.8 Å². The monoisotopic (exact) mass is 424 g/mol. The highest BCUT2D eigenvalue weighted by molar-refractivity contribution is 5.95. The summed E-state index contributed by atoms with van der Waals surface area (Å²) in [5.41, 5.74) is -0.737. The average molecular weight is 424 g/mol. The van der Waals surface area contributed by atoms with Crippen molar-refractivity contribution in [3.63, 3.8) is 0 Å². The van der Waals surface area contributed by atoms with Crippen molar-refractivity contribution in [1.82, 2.24) is 15.2 Å². The van der Waals surface area contributed by atoms with Crippen molar-refractivity contribution in [3.05, 3.63) is 36.0 Å². The van der Waals surface area contributed by atoms with Gasteiger partial charge in [-0.1, -0.05) is 12.1 Å². The van der Waals surface area contributed by atoms with E-state index >= 15 is 0 Å². The number of unbranched alkanes of at least 4 members (excludes halogenated alkanes) is 1. The fraction of sp³-hybridized carbons (Fsp3) is 0.571. The highest BCUT2D eigenvalue weighted by Crippen LogP contribution is 2.55. The number of hydrogen-bond donors (Lipinski definition) is 2. The van der Waals surface area contributed by atoms with Crippen LogP contribution in [0.5, 0.6) is 0 Å². The number of carbonyl (C=O) groups excluding carboxylic acids is 2. The van der Waals surface area contributed by atoms with E-state index in [9.17, 15) is 22.8 Å². The lowest BCUT2D eigenvalue weighted by Gasteiger charge is -2.23. The Labute approximate surface area is 173 Å². The van der Waals surface area contributed by atoms with Crippen LogP contribution >= 0.6 is 0 Å². The normalized spacial score (nSPS) is 24.8. The summed E-state index contributed by atoms with van der Waals surface area (Å²) in [7, 11) is 1.77. The lowest BCUT2D eigenvalue weighted by Crippen LogP contribution is -2.38. The van der Waals surface area contributed by atoms with E-state index in [4.69, 9.17) is 0 Å². The van der Waals surface area contributed by atoms with E-state index in [1.165, 1.54) is 6.07 Å². The summed E-state index contributed by atoms with van der Waals surface area (Å²) in [6.07, 6.45) is 0.631. The molecular weight excluding hydrogens is 397 g/mol. The van der Waals surface area contributed by atoms with E-state index < -0.39 is 23.8 Å². The zero-order chi connectivity index (χ0) is 22.1. The lowest BCUT2D eigenvalue weighted by atomic mass is 9.98. The van der Waals surface area contributed by atoms with Crippen molar-refractivity contribution in [3.8, 4) is 0 Å². The van der Waals surface area contributed by atoms with Crippen molar-refractivity contribution >= 4 is 17.6 Å². The molecule has 0 aromatic carbocycles. The largest absolute Gasteiger partial charge is 0.433 e. The minimum atomic E-state index is -4.58. The van der Waals surface area contributed by atoms with Gasteiger partial charge in [0, 0.05) is 31.5 Å². The first kappa shape index (κ1) is 22.3. The zero-order valence-electron chi connectivity index (χ0n) is 17.2. The van der Waals surface area contributed by atoms with Gasteiger partial charge < -0.3 is 15.5 Å². The molecular formula is C21H27F3N4O2. The standard InChI is InChI=1S/C21H27F3N4O2/c1-4-5-6-7-17(29)28(3)12-20-10-14(25-16(20)11-20)19(30)27-18-13(2)8-9-15(26-18)21(22,23)24/h4,8-9,14,16,25H,1,5-7,10-12H2,2-3H3,(H,26,27,30). The van der Waals surface area contributed by atoms with Crippen molar-refractivity contribution < 1.29 is 22.8 Å². The number of alkyl halides is 3. The molecule has 1 aromatic rings. The van der Waals surface area contributed by atoms with Crippen LogP contribution in [0.4, 0.5) is 19.0 Å². The van der Waals surface area contributed by atoms with Crippen LogP contribution in [0.15, 0.2) is 24.8 Å². The highest BCUT2D eigenvalue weighted by atomic mass is 19.4. The summed E-state index contributed by atoms with van der Waals surface area (Å²) < 4.78 is 38.7. The molecule has 0 radical (unpaired) electrons. The van der Waals surface area contributed by atoms with Crippen LogP contribution in [0.3, 0.4) is 0 Å². The number of piperidine rings is 1. The Hall–Kier alpha value is -2.42. The quantitative estimate of drug-likeness (QED) is 0.496. The van der Waals surface area contributed by atoms with Crippen LogP contribution in [0.2, 0.25) is 0 Å². The molecule has 2 fully saturated rings. The molecule has 2 N–H and O–H groups in total. The molecule has 1 aliphatic heterocycles. The van der Waals surface area contributed by atoms with Crippen LogP contribution in [0.1, 0.15) is 43.4 Å². The van der Waals surface area contributed by atoms with Crippen LogP contribution in [0, 0.1) is 12.3 Å². The number of hydrogen-bond acceptors (Lipinski definition) is 4. The molecule has 3 atom stereocenters. The predicted molar refractivity (Wildman–Crippen MR) is 107 cm³/mol. The number of pyridine rings is 1. The third-order valence-corrected chi connectivity index (χ3v) is 5.92. The molecule has 0 spiro atoms. The number of carbonyl (C=O) groups is 2. The number of rotatable bonds is 8. The van der Waals surface area contributed by atoms with Gasteiger partial charge in [0.05, 0.1) is 6.04 Å². The third kappa shape index (κ3) is 4.83. The molecule has 1 aliphatic carbocycles. The Morgan fingerprint density at radius 3 is 2.80 bits per heavy atom. The Morgan fingerprint density at radius 1 is 1.40 bits per heavy atom. The first-order chi connectivity index (χ1) is 14.1. The summed E-state index contributed by atoms with van der Waals surface area (Å²) in [6, 6.07) is 1.79. The summed E-state index contributed by atoms with van der Waals surface area (Å²) in [5, 5.41) is 5.77. The average Bonchev–Trinajstić information content (AvgIpc) is 3.21. The van der Waals surface area contributed by atoms with Gasteiger partial charge in [0.1, 0.15) is 11.5 Å². The number of fused-ring (bicyclic) bond motifs is 1. The third-order valence-electron chi connectivity index (χ3n) is 5.92. The summed E-state index contributed by atoms with van der Waals surface area (Å²) in [4.78, 5) is 30.2. The fourth-order valence-electron chi connectivity index (χ4n) is 4.09.